The first-order valence-corrected chi connectivity index (χ1v) is 6.28. The highest BCUT2D eigenvalue weighted by Gasteiger charge is 2.14. The zero-order valence-electron chi connectivity index (χ0n) is 11.4. The molecule has 1 aromatic carbocycles. The second-order valence-corrected chi connectivity index (χ2v) is 4.77. The summed E-state index contributed by atoms with van der Waals surface area (Å²) in [4.78, 5) is 21.7. The van der Waals surface area contributed by atoms with Gasteiger partial charge in [0.15, 0.2) is 0 Å². The van der Waals surface area contributed by atoms with E-state index in [-0.39, 0.29) is 11.6 Å². The Morgan fingerprint density at radius 1 is 1.30 bits per heavy atom. The zero-order chi connectivity index (χ0) is 14.7. The van der Waals surface area contributed by atoms with Crippen molar-refractivity contribution in [2.75, 3.05) is 21.2 Å². The molecule has 0 aliphatic heterocycles. The van der Waals surface area contributed by atoms with E-state index in [4.69, 9.17) is 16.3 Å². The van der Waals surface area contributed by atoms with E-state index in [1.807, 2.05) is 0 Å². The number of halogens is 1. The van der Waals surface area contributed by atoms with Crippen LogP contribution in [0.5, 0.6) is 5.75 Å². The lowest BCUT2D eigenvalue weighted by Crippen LogP contribution is -2.23. The predicted octanol–water partition coefficient (Wildman–Crippen LogP) is 2.51. The Hall–Kier alpha value is -2.14. The number of benzene rings is 1. The van der Waals surface area contributed by atoms with Crippen LogP contribution < -0.4 is 4.74 Å². The van der Waals surface area contributed by atoms with Gasteiger partial charge in [0.05, 0.1) is 25.2 Å². The number of methoxy groups -OCH3 is 1. The fourth-order valence-corrected chi connectivity index (χ4v) is 1.88. The summed E-state index contributed by atoms with van der Waals surface area (Å²) in [6.45, 7) is 0. The highest BCUT2D eigenvalue weighted by atomic mass is 35.5. The molecule has 0 atom stereocenters. The van der Waals surface area contributed by atoms with Gasteiger partial charge < -0.3 is 9.64 Å². The molecule has 0 radical (unpaired) electrons. The van der Waals surface area contributed by atoms with Gasteiger partial charge in [-0.25, -0.2) is 4.98 Å². The predicted molar refractivity (Wildman–Crippen MR) is 77.0 cm³/mol. The number of hydrogen-bond acceptors (Lipinski definition) is 4. The Bertz CT molecular complexity index is 644. The quantitative estimate of drug-likeness (QED) is 0.872. The van der Waals surface area contributed by atoms with Crippen LogP contribution >= 0.6 is 11.6 Å². The summed E-state index contributed by atoms with van der Waals surface area (Å²) in [5, 5.41) is 0.562. The topological polar surface area (TPSA) is 55.3 Å². The van der Waals surface area contributed by atoms with Gasteiger partial charge in [-0.05, 0) is 18.2 Å². The maximum absolute atomic E-state index is 11.9. The van der Waals surface area contributed by atoms with Crippen molar-refractivity contribution in [2.24, 2.45) is 0 Å². The molecule has 0 fully saturated rings. The van der Waals surface area contributed by atoms with Gasteiger partial charge >= 0.3 is 0 Å². The average Bonchev–Trinajstić information content (AvgIpc) is 2.46. The average molecular weight is 292 g/mol. The molecule has 6 heteroatoms. The number of rotatable bonds is 3. The smallest absolute Gasteiger partial charge is 0.273 e. The molecular weight excluding hydrogens is 278 g/mol. The molecule has 0 unspecified atom stereocenters. The van der Waals surface area contributed by atoms with Crippen LogP contribution in [-0.2, 0) is 0 Å². The summed E-state index contributed by atoms with van der Waals surface area (Å²) in [6, 6.07) is 5.21. The van der Waals surface area contributed by atoms with Crippen LogP contribution in [-0.4, -0.2) is 42.0 Å². The van der Waals surface area contributed by atoms with E-state index >= 15 is 0 Å². The minimum Gasteiger partial charge on any atom is -0.496 e. The van der Waals surface area contributed by atoms with Crippen LogP contribution in [0.15, 0.2) is 30.6 Å². The van der Waals surface area contributed by atoms with Gasteiger partial charge in [0, 0.05) is 24.7 Å². The molecule has 0 spiro atoms. The number of carbonyl (C=O) groups excluding carboxylic acids is 1. The summed E-state index contributed by atoms with van der Waals surface area (Å²) in [5.41, 5.74) is 1.51. The molecule has 1 heterocycles. The number of hydrogen-bond donors (Lipinski definition) is 0. The second-order valence-electron chi connectivity index (χ2n) is 4.33. The molecule has 2 rings (SSSR count). The van der Waals surface area contributed by atoms with Gasteiger partial charge in [-0.3, -0.25) is 9.78 Å². The number of aromatic nitrogens is 2. The van der Waals surface area contributed by atoms with E-state index in [1.165, 1.54) is 11.1 Å². The van der Waals surface area contributed by atoms with Gasteiger partial charge in [-0.1, -0.05) is 11.6 Å². The Morgan fingerprint density at radius 2 is 2.05 bits per heavy atom. The molecule has 104 valence electrons. The molecule has 0 bridgehead atoms. The molecule has 0 saturated heterocycles. The summed E-state index contributed by atoms with van der Waals surface area (Å²) >= 11 is 6.00. The molecule has 0 aliphatic carbocycles. The normalized spacial score (nSPS) is 10.2. The first-order chi connectivity index (χ1) is 9.52. The van der Waals surface area contributed by atoms with Gasteiger partial charge in [0.2, 0.25) is 0 Å². The van der Waals surface area contributed by atoms with Gasteiger partial charge in [0.1, 0.15) is 11.4 Å². The zero-order valence-corrected chi connectivity index (χ0v) is 12.2. The largest absolute Gasteiger partial charge is 0.496 e. The molecular formula is C14H14ClN3O2. The van der Waals surface area contributed by atoms with Crippen LogP contribution in [0.4, 0.5) is 0 Å². The number of amides is 1. The van der Waals surface area contributed by atoms with Crippen LogP contribution in [0, 0.1) is 0 Å². The summed E-state index contributed by atoms with van der Waals surface area (Å²) in [7, 11) is 4.89. The van der Waals surface area contributed by atoms with E-state index in [2.05, 4.69) is 9.97 Å². The number of ether oxygens (including phenoxy) is 1. The van der Waals surface area contributed by atoms with Gasteiger partial charge in [-0.2, -0.15) is 0 Å². The van der Waals surface area contributed by atoms with Crippen molar-refractivity contribution in [2.45, 2.75) is 0 Å². The van der Waals surface area contributed by atoms with Crippen LogP contribution in [0.3, 0.4) is 0 Å². The molecule has 2 aromatic rings. The van der Waals surface area contributed by atoms with Gasteiger partial charge in [0.25, 0.3) is 5.91 Å². The lowest BCUT2D eigenvalue weighted by atomic mass is 10.1. The van der Waals surface area contributed by atoms with Crippen molar-refractivity contribution in [3.05, 3.63) is 41.3 Å². The third kappa shape index (κ3) is 2.88. The highest BCUT2D eigenvalue weighted by Crippen LogP contribution is 2.30. The monoisotopic (exact) mass is 291 g/mol. The minimum absolute atomic E-state index is 0.208. The van der Waals surface area contributed by atoms with E-state index in [1.54, 1.807) is 45.6 Å². The van der Waals surface area contributed by atoms with Crippen molar-refractivity contribution in [3.8, 4) is 17.0 Å². The van der Waals surface area contributed by atoms with Crippen molar-refractivity contribution >= 4 is 17.5 Å². The maximum atomic E-state index is 11.9. The fraction of sp³-hybridized carbons (Fsp3) is 0.214. The molecule has 1 amide bonds. The standard InChI is InChI=1S/C14H14ClN3O2/c1-18(2)14(19)12-8-16-7-11(17-12)10-6-9(15)4-5-13(10)20-3/h4-8H,1-3H3. The van der Waals surface area contributed by atoms with Crippen LogP contribution in [0.25, 0.3) is 11.3 Å². The lowest BCUT2D eigenvalue weighted by Gasteiger charge is -2.11. The third-order valence-corrected chi connectivity index (χ3v) is 2.93. The molecule has 0 aliphatic rings. The maximum Gasteiger partial charge on any atom is 0.273 e. The Labute approximate surface area is 122 Å². The third-order valence-electron chi connectivity index (χ3n) is 2.70. The Kier molecular flexibility index (Phi) is 4.20. The van der Waals surface area contributed by atoms with Crippen molar-refractivity contribution in [3.63, 3.8) is 0 Å². The summed E-state index contributed by atoms with van der Waals surface area (Å²) in [6.07, 6.45) is 3.00. The van der Waals surface area contributed by atoms with Gasteiger partial charge in [-0.15, -0.1) is 0 Å². The molecule has 1 aromatic heterocycles. The van der Waals surface area contributed by atoms with E-state index in [9.17, 15) is 4.79 Å². The highest BCUT2D eigenvalue weighted by molar-refractivity contribution is 6.30. The van der Waals surface area contributed by atoms with E-state index < -0.39 is 0 Å². The van der Waals surface area contributed by atoms with E-state index in [0.717, 1.165) is 0 Å². The summed E-state index contributed by atoms with van der Waals surface area (Å²) in [5.74, 6) is 0.415. The summed E-state index contributed by atoms with van der Waals surface area (Å²) < 4.78 is 5.28. The number of carbonyl (C=O) groups is 1. The molecule has 0 N–H and O–H groups in total. The van der Waals surface area contributed by atoms with E-state index in [0.29, 0.717) is 22.0 Å². The minimum atomic E-state index is -0.208. The first-order valence-electron chi connectivity index (χ1n) is 5.90. The Balaban J connectivity index is 2.51. The first kappa shape index (κ1) is 14.3. The Morgan fingerprint density at radius 3 is 2.70 bits per heavy atom. The SMILES string of the molecule is COc1ccc(Cl)cc1-c1cncc(C(=O)N(C)C)n1. The molecule has 0 saturated carbocycles. The van der Waals surface area contributed by atoms with Crippen molar-refractivity contribution in [1.82, 2.24) is 14.9 Å². The van der Waals surface area contributed by atoms with Crippen LogP contribution in [0.1, 0.15) is 10.5 Å². The number of nitrogens with zero attached hydrogens (tertiary/aromatic N) is 3. The van der Waals surface area contributed by atoms with Crippen LogP contribution in [0.2, 0.25) is 5.02 Å². The molecule has 5 nitrogen and oxygen atoms in total. The fourth-order valence-electron chi connectivity index (χ4n) is 1.71. The second kappa shape index (κ2) is 5.88. The van der Waals surface area contributed by atoms with Crippen molar-refractivity contribution in [1.29, 1.82) is 0 Å². The molecule has 20 heavy (non-hydrogen) atoms. The lowest BCUT2D eigenvalue weighted by molar-refractivity contribution is 0.0821. The van der Waals surface area contributed by atoms with Crippen molar-refractivity contribution < 1.29 is 9.53 Å².